The Balaban J connectivity index is 2.07. The van der Waals surface area contributed by atoms with Gasteiger partial charge in [-0.2, -0.15) is 0 Å². The molecule has 1 fully saturated rings. The summed E-state index contributed by atoms with van der Waals surface area (Å²) in [5.74, 6) is 0. The van der Waals surface area contributed by atoms with Gasteiger partial charge in [0.15, 0.2) is 0 Å². The van der Waals surface area contributed by atoms with E-state index in [1.807, 2.05) is 24.3 Å². The van der Waals surface area contributed by atoms with Crippen molar-refractivity contribution in [2.24, 2.45) is 0 Å². The quantitative estimate of drug-likeness (QED) is 0.857. The zero-order valence-corrected chi connectivity index (χ0v) is 10.5. The predicted molar refractivity (Wildman–Crippen MR) is 66.8 cm³/mol. The highest BCUT2D eigenvalue weighted by atomic mass is 35.5. The van der Waals surface area contributed by atoms with Gasteiger partial charge in [-0.05, 0) is 38.1 Å². The number of hydrogen-bond donors (Lipinski definition) is 1. The molecule has 1 aromatic carbocycles. The van der Waals surface area contributed by atoms with Crippen molar-refractivity contribution >= 4 is 11.6 Å². The van der Waals surface area contributed by atoms with Crippen molar-refractivity contribution in [2.75, 3.05) is 13.6 Å². The van der Waals surface area contributed by atoms with Gasteiger partial charge in [0.25, 0.3) is 0 Å². The smallest absolute Gasteiger partial charge is 0.0828 e. The van der Waals surface area contributed by atoms with E-state index in [-0.39, 0.29) is 0 Å². The van der Waals surface area contributed by atoms with Gasteiger partial charge >= 0.3 is 0 Å². The minimum atomic E-state index is -0.581. The molecule has 2 atom stereocenters. The summed E-state index contributed by atoms with van der Waals surface area (Å²) in [6, 6.07) is 8.19. The van der Waals surface area contributed by atoms with Crippen LogP contribution in [0.25, 0.3) is 0 Å². The average Bonchev–Trinajstić information content (AvgIpc) is 2.45. The molecular formula is C13H18ClNO. The summed E-state index contributed by atoms with van der Waals surface area (Å²) in [6.45, 7) is 2.90. The van der Waals surface area contributed by atoms with Crippen LogP contribution in [0.4, 0.5) is 0 Å². The lowest BCUT2D eigenvalue weighted by Gasteiger charge is -2.22. The number of rotatable bonds is 2. The number of likely N-dealkylation sites (N-methyl/N-ethyl adjacent to an activating group) is 1. The summed E-state index contributed by atoms with van der Waals surface area (Å²) in [5, 5.41) is 11.2. The Hall–Kier alpha value is -0.570. The summed E-state index contributed by atoms with van der Waals surface area (Å²) in [5.41, 5.74) is 0.566. The topological polar surface area (TPSA) is 23.5 Å². The van der Waals surface area contributed by atoms with Gasteiger partial charge in [0.05, 0.1) is 5.60 Å². The van der Waals surface area contributed by atoms with E-state index in [4.69, 9.17) is 11.6 Å². The molecule has 1 N–H and O–H groups in total. The Bertz CT molecular complexity index is 353. The molecule has 1 heterocycles. The molecule has 0 aromatic heterocycles. The van der Waals surface area contributed by atoms with Crippen molar-refractivity contribution in [1.82, 2.24) is 4.90 Å². The molecule has 0 aliphatic carbocycles. The van der Waals surface area contributed by atoms with Crippen molar-refractivity contribution in [3.63, 3.8) is 0 Å². The van der Waals surface area contributed by atoms with E-state index in [1.54, 1.807) is 0 Å². The normalized spacial score (nSPS) is 30.9. The molecule has 0 saturated carbocycles. The third kappa shape index (κ3) is 2.57. The van der Waals surface area contributed by atoms with Crippen molar-refractivity contribution in [1.29, 1.82) is 0 Å². The van der Waals surface area contributed by atoms with E-state index in [2.05, 4.69) is 18.9 Å². The molecule has 0 spiro atoms. The van der Waals surface area contributed by atoms with Crippen LogP contribution in [0.3, 0.4) is 0 Å². The second-order valence-electron chi connectivity index (χ2n) is 5.00. The van der Waals surface area contributed by atoms with Crippen molar-refractivity contribution in [3.05, 3.63) is 34.9 Å². The minimum absolute atomic E-state index is 0.456. The molecule has 1 aliphatic rings. The summed E-state index contributed by atoms with van der Waals surface area (Å²) >= 11 is 5.84. The second kappa shape index (κ2) is 4.36. The molecule has 1 aliphatic heterocycles. The fourth-order valence-corrected chi connectivity index (χ4v) is 2.63. The first-order valence-corrected chi connectivity index (χ1v) is 6.03. The maximum absolute atomic E-state index is 10.5. The van der Waals surface area contributed by atoms with Crippen LogP contribution in [0.15, 0.2) is 24.3 Å². The molecular weight excluding hydrogens is 222 g/mol. The molecule has 2 nitrogen and oxygen atoms in total. The number of hydrogen-bond acceptors (Lipinski definition) is 2. The highest BCUT2D eigenvalue weighted by molar-refractivity contribution is 6.30. The molecule has 0 radical (unpaired) electrons. The van der Waals surface area contributed by atoms with Crippen LogP contribution in [0.5, 0.6) is 0 Å². The lowest BCUT2D eigenvalue weighted by atomic mass is 9.92. The highest BCUT2D eigenvalue weighted by Crippen LogP contribution is 2.29. The Morgan fingerprint density at radius 3 is 2.56 bits per heavy atom. The molecule has 0 bridgehead atoms. The number of benzene rings is 1. The van der Waals surface area contributed by atoms with E-state index in [0.717, 1.165) is 23.6 Å². The molecule has 2 unspecified atom stereocenters. The standard InChI is InChI=1S/C13H18ClNO/c1-10-7-13(16,9-15(10)2)8-11-3-5-12(14)6-4-11/h3-6,10,16H,7-9H2,1-2H3. The van der Waals surface area contributed by atoms with Crippen LogP contribution in [-0.2, 0) is 6.42 Å². The number of aliphatic hydroxyl groups is 1. The minimum Gasteiger partial charge on any atom is -0.388 e. The monoisotopic (exact) mass is 239 g/mol. The van der Waals surface area contributed by atoms with E-state index in [1.165, 1.54) is 0 Å². The lowest BCUT2D eigenvalue weighted by Crippen LogP contribution is -2.34. The zero-order chi connectivity index (χ0) is 11.8. The van der Waals surface area contributed by atoms with Gasteiger partial charge in [-0.25, -0.2) is 0 Å². The van der Waals surface area contributed by atoms with Gasteiger partial charge in [0, 0.05) is 24.0 Å². The summed E-state index contributed by atoms with van der Waals surface area (Å²) in [6.07, 6.45) is 1.55. The Morgan fingerprint density at radius 2 is 2.06 bits per heavy atom. The maximum atomic E-state index is 10.5. The molecule has 1 saturated heterocycles. The van der Waals surface area contributed by atoms with Crippen LogP contribution >= 0.6 is 11.6 Å². The first-order valence-electron chi connectivity index (χ1n) is 5.66. The van der Waals surface area contributed by atoms with Crippen LogP contribution in [0.2, 0.25) is 5.02 Å². The Morgan fingerprint density at radius 1 is 1.44 bits per heavy atom. The van der Waals surface area contributed by atoms with Gasteiger partial charge in [-0.15, -0.1) is 0 Å². The van der Waals surface area contributed by atoms with Gasteiger partial charge in [0.1, 0.15) is 0 Å². The van der Waals surface area contributed by atoms with Gasteiger partial charge in [-0.1, -0.05) is 23.7 Å². The molecule has 0 amide bonds. The fraction of sp³-hybridized carbons (Fsp3) is 0.538. The number of β-amino-alcohol motifs (C(OH)–C–C–N with tert-alkyl or cyclic N) is 1. The third-order valence-corrected chi connectivity index (χ3v) is 3.67. The zero-order valence-electron chi connectivity index (χ0n) is 9.78. The molecule has 1 aromatic rings. The van der Waals surface area contributed by atoms with E-state index >= 15 is 0 Å². The van der Waals surface area contributed by atoms with Crippen molar-refractivity contribution < 1.29 is 5.11 Å². The maximum Gasteiger partial charge on any atom is 0.0828 e. The number of likely N-dealkylation sites (tertiary alicyclic amines) is 1. The third-order valence-electron chi connectivity index (χ3n) is 3.42. The highest BCUT2D eigenvalue weighted by Gasteiger charge is 2.38. The number of nitrogens with zero attached hydrogens (tertiary/aromatic N) is 1. The Labute approximate surface area is 102 Å². The van der Waals surface area contributed by atoms with Crippen LogP contribution in [0, 0.1) is 0 Å². The number of halogens is 1. The van der Waals surface area contributed by atoms with Crippen LogP contribution in [0.1, 0.15) is 18.9 Å². The van der Waals surface area contributed by atoms with E-state index in [0.29, 0.717) is 12.5 Å². The molecule has 3 heteroatoms. The van der Waals surface area contributed by atoms with Crippen LogP contribution < -0.4 is 0 Å². The molecule has 16 heavy (non-hydrogen) atoms. The van der Waals surface area contributed by atoms with E-state index < -0.39 is 5.60 Å². The van der Waals surface area contributed by atoms with Gasteiger partial charge in [-0.3, -0.25) is 0 Å². The summed E-state index contributed by atoms with van der Waals surface area (Å²) < 4.78 is 0. The SMILES string of the molecule is CC1CC(O)(Cc2ccc(Cl)cc2)CN1C. The lowest BCUT2D eigenvalue weighted by molar-refractivity contribution is 0.0520. The first kappa shape index (κ1) is 11.9. The van der Waals surface area contributed by atoms with Gasteiger partial charge in [0.2, 0.25) is 0 Å². The first-order chi connectivity index (χ1) is 7.48. The van der Waals surface area contributed by atoms with Crippen molar-refractivity contribution in [3.8, 4) is 0 Å². The summed E-state index contributed by atoms with van der Waals surface area (Å²) in [7, 11) is 2.06. The van der Waals surface area contributed by atoms with Gasteiger partial charge < -0.3 is 10.0 Å². The Kier molecular flexibility index (Phi) is 3.24. The van der Waals surface area contributed by atoms with Crippen LogP contribution in [-0.4, -0.2) is 35.2 Å². The molecule has 88 valence electrons. The van der Waals surface area contributed by atoms with Crippen molar-refractivity contribution in [2.45, 2.75) is 31.4 Å². The predicted octanol–water partition coefficient (Wildman–Crippen LogP) is 2.34. The molecule has 2 rings (SSSR count). The average molecular weight is 240 g/mol. The largest absolute Gasteiger partial charge is 0.388 e. The second-order valence-corrected chi connectivity index (χ2v) is 5.43. The van der Waals surface area contributed by atoms with E-state index in [9.17, 15) is 5.11 Å². The fourth-order valence-electron chi connectivity index (χ4n) is 2.50. The summed E-state index contributed by atoms with van der Waals surface area (Å²) in [4.78, 5) is 2.20.